The van der Waals surface area contributed by atoms with Gasteiger partial charge in [0.15, 0.2) is 5.96 Å². The molecule has 0 spiro atoms. The van der Waals surface area contributed by atoms with Gasteiger partial charge in [-0.1, -0.05) is 17.7 Å². The lowest BCUT2D eigenvalue weighted by molar-refractivity contribution is -0.130. The van der Waals surface area contributed by atoms with E-state index in [4.69, 9.17) is 11.6 Å². The van der Waals surface area contributed by atoms with Crippen molar-refractivity contribution < 1.29 is 4.79 Å². The Hall–Kier alpha value is -1.13. The van der Waals surface area contributed by atoms with Crippen molar-refractivity contribution in [3.63, 3.8) is 0 Å². The van der Waals surface area contributed by atoms with Crippen LogP contribution in [-0.4, -0.2) is 79.0 Å². The average molecular weight is 509 g/mol. The van der Waals surface area contributed by atoms with Crippen LogP contribution in [0, 0.1) is 0 Å². The number of carbonyl (C=O) groups excluding carboxylic acids is 1. The van der Waals surface area contributed by atoms with E-state index in [-0.39, 0.29) is 29.9 Å². The second kappa shape index (κ2) is 13.1. The summed E-state index contributed by atoms with van der Waals surface area (Å²) in [6.45, 7) is 10.4. The molecule has 1 fully saturated rings. The summed E-state index contributed by atoms with van der Waals surface area (Å²) in [6, 6.07) is 3.80. The monoisotopic (exact) mass is 508 g/mol. The van der Waals surface area contributed by atoms with Crippen molar-refractivity contribution in [2.75, 3.05) is 52.4 Å². The summed E-state index contributed by atoms with van der Waals surface area (Å²) in [6.07, 6.45) is 2.66. The first-order valence-corrected chi connectivity index (χ1v) is 9.56. The van der Waals surface area contributed by atoms with E-state index in [0.29, 0.717) is 5.15 Å². The van der Waals surface area contributed by atoms with E-state index >= 15 is 0 Å². The number of hydrogen-bond donors (Lipinski definition) is 2. The third kappa shape index (κ3) is 9.07. The molecule has 1 aliphatic heterocycles. The molecule has 1 aliphatic rings. The van der Waals surface area contributed by atoms with Crippen LogP contribution in [0.15, 0.2) is 23.3 Å². The minimum Gasteiger partial charge on any atom is -0.357 e. The van der Waals surface area contributed by atoms with Gasteiger partial charge in [-0.2, -0.15) is 0 Å². The summed E-state index contributed by atoms with van der Waals surface area (Å²) in [4.78, 5) is 24.3. The molecule has 1 amide bonds. The second-order valence-corrected chi connectivity index (χ2v) is 6.66. The summed E-state index contributed by atoms with van der Waals surface area (Å²) in [7, 11) is 0. The third-order valence-electron chi connectivity index (χ3n) is 4.34. The van der Waals surface area contributed by atoms with Gasteiger partial charge < -0.3 is 15.5 Å². The highest BCUT2D eigenvalue weighted by Crippen LogP contribution is 2.05. The smallest absolute Gasteiger partial charge is 0.219 e. The topological polar surface area (TPSA) is 72.9 Å². The summed E-state index contributed by atoms with van der Waals surface area (Å²) in [5.74, 6) is 0.994. The summed E-state index contributed by atoms with van der Waals surface area (Å²) in [5, 5.41) is 7.13. The van der Waals surface area contributed by atoms with Gasteiger partial charge in [0.2, 0.25) is 5.91 Å². The van der Waals surface area contributed by atoms with Gasteiger partial charge in [0.05, 0.1) is 6.54 Å². The molecular formula is C18H30ClIN6O. The van der Waals surface area contributed by atoms with Crippen molar-refractivity contribution in [2.24, 2.45) is 4.99 Å². The van der Waals surface area contributed by atoms with Crippen molar-refractivity contribution in [2.45, 2.75) is 20.3 Å². The van der Waals surface area contributed by atoms with Crippen molar-refractivity contribution >= 4 is 47.4 Å². The summed E-state index contributed by atoms with van der Waals surface area (Å²) >= 11 is 5.80. The lowest BCUT2D eigenvalue weighted by atomic mass is 10.2. The zero-order chi connectivity index (χ0) is 18.8. The SMILES string of the molecule is CCNC(=NCCN1CCN(C(C)=O)CC1)NCCc1ccc(Cl)nc1.I. The van der Waals surface area contributed by atoms with Crippen LogP contribution in [0.4, 0.5) is 0 Å². The Morgan fingerprint density at radius 1 is 1.26 bits per heavy atom. The lowest BCUT2D eigenvalue weighted by Gasteiger charge is -2.33. The Kier molecular flexibility index (Phi) is 11.6. The maximum absolute atomic E-state index is 11.4. The number of pyridine rings is 1. The van der Waals surface area contributed by atoms with E-state index in [1.807, 2.05) is 17.0 Å². The van der Waals surface area contributed by atoms with Gasteiger partial charge in [0.1, 0.15) is 5.15 Å². The first kappa shape index (κ1) is 23.9. The fraction of sp³-hybridized carbons (Fsp3) is 0.611. The number of aromatic nitrogens is 1. The average Bonchev–Trinajstić information content (AvgIpc) is 2.64. The normalized spacial score (nSPS) is 15.2. The Labute approximate surface area is 184 Å². The number of amides is 1. The van der Waals surface area contributed by atoms with Crippen LogP contribution in [0.2, 0.25) is 5.15 Å². The van der Waals surface area contributed by atoms with Crippen LogP contribution in [0.3, 0.4) is 0 Å². The number of carbonyl (C=O) groups is 1. The van der Waals surface area contributed by atoms with Crippen LogP contribution in [0.5, 0.6) is 0 Å². The second-order valence-electron chi connectivity index (χ2n) is 6.27. The van der Waals surface area contributed by atoms with Crippen molar-refractivity contribution in [1.82, 2.24) is 25.4 Å². The molecule has 1 aromatic heterocycles. The van der Waals surface area contributed by atoms with Gasteiger partial charge in [-0.3, -0.25) is 14.7 Å². The molecule has 1 saturated heterocycles. The van der Waals surface area contributed by atoms with Gasteiger partial charge in [-0.05, 0) is 25.0 Å². The molecule has 2 heterocycles. The number of hydrogen-bond acceptors (Lipinski definition) is 4. The third-order valence-corrected chi connectivity index (χ3v) is 4.57. The highest BCUT2D eigenvalue weighted by molar-refractivity contribution is 14.0. The minimum absolute atomic E-state index is 0. The molecule has 0 aliphatic carbocycles. The number of guanidine groups is 1. The van der Waals surface area contributed by atoms with Crippen LogP contribution >= 0.6 is 35.6 Å². The van der Waals surface area contributed by atoms with E-state index in [0.717, 1.165) is 70.3 Å². The van der Waals surface area contributed by atoms with Gasteiger partial charge in [0, 0.05) is 58.9 Å². The maximum Gasteiger partial charge on any atom is 0.219 e. The van der Waals surface area contributed by atoms with E-state index in [9.17, 15) is 4.79 Å². The quantitative estimate of drug-likeness (QED) is 0.253. The van der Waals surface area contributed by atoms with E-state index in [1.165, 1.54) is 0 Å². The molecule has 0 radical (unpaired) electrons. The molecular weight excluding hydrogens is 479 g/mol. The number of nitrogens with one attached hydrogen (secondary N) is 2. The summed E-state index contributed by atoms with van der Waals surface area (Å²) < 4.78 is 0. The van der Waals surface area contributed by atoms with Crippen LogP contribution in [-0.2, 0) is 11.2 Å². The highest BCUT2D eigenvalue weighted by atomic mass is 127. The van der Waals surface area contributed by atoms with Crippen molar-refractivity contribution in [1.29, 1.82) is 0 Å². The van der Waals surface area contributed by atoms with Gasteiger partial charge in [0.25, 0.3) is 0 Å². The molecule has 0 aromatic carbocycles. The fourth-order valence-electron chi connectivity index (χ4n) is 2.81. The number of nitrogens with zero attached hydrogens (tertiary/aromatic N) is 4. The van der Waals surface area contributed by atoms with Gasteiger partial charge in [-0.15, -0.1) is 24.0 Å². The maximum atomic E-state index is 11.4. The fourth-order valence-corrected chi connectivity index (χ4v) is 2.92. The molecule has 7 nitrogen and oxygen atoms in total. The Morgan fingerprint density at radius 2 is 2.00 bits per heavy atom. The molecule has 0 unspecified atom stereocenters. The van der Waals surface area contributed by atoms with E-state index in [2.05, 4.69) is 32.4 Å². The first-order valence-electron chi connectivity index (χ1n) is 9.19. The number of halogens is 2. The Bertz CT molecular complexity index is 590. The Morgan fingerprint density at radius 3 is 2.59 bits per heavy atom. The molecule has 27 heavy (non-hydrogen) atoms. The van der Waals surface area contributed by atoms with Crippen LogP contribution < -0.4 is 10.6 Å². The number of rotatable bonds is 7. The van der Waals surface area contributed by atoms with Crippen molar-refractivity contribution in [3.05, 3.63) is 29.0 Å². The first-order chi connectivity index (χ1) is 12.6. The minimum atomic E-state index is 0. The molecule has 1 aromatic rings. The van der Waals surface area contributed by atoms with Crippen molar-refractivity contribution in [3.8, 4) is 0 Å². The highest BCUT2D eigenvalue weighted by Gasteiger charge is 2.17. The largest absolute Gasteiger partial charge is 0.357 e. The zero-order valence-corrected chi connectivity index (χ0v) is 19.2. The molecule has 0 atom stereocenters. The number of aliphatic imine (C=N–C) groups is 1. The molecule has 2 rings (SSSR count). The zero-order valence-electron chi connectivity index (χ0n) is 16.1. The number of piperazine rings is 1. The van der Waals surface area contributed by atoms with Gasteiger partial charge >= 0.3 is 0 Å². The lowest BCUT2D eigenvalue weighted by Crippen LogP contribution is -2.48. The molecule has 0 saturated carbocycles. The van der Waals surface area contributed by atoms with E-state index in [1.54, 1.807) is 13.1 Å². The molecule has 9 heteroatoms. The van der Waals surface area contributed by atoms with Gasteiger partial charge in [-0.25, -0.2) is 4.98 Å². The predicted octanol–water partition coefficient (Wildman–Crippen LogP) is 1.61. The molecule has 0 bridgehead atoms. The van der Waals surface area contributed by atoms with E-state index < -0.39 is 0 Å². The molecule has 2 N–H and O–H groups in total. The Balaban J connectivity index is 0.00000364. The predicted molar refractivity (Wildman–Crippen MR) is 121 cm³/mol. The molecule has 152 valence electrons. The standard InChI is InChI=1S/C18H29ClN6O.HI/c1-3-20-18(21-7-6-16-4-5-17(19)23-14-16)22-8-9-24-10-12-25(13-11-24)15(2)26;/h4-5,14H,3,6-13H2,1-2H3,(H2,20,21,22);1H. The van der Waals surface area contributed by atoms with Crippen LogP contribution in [0.1, 0.15) is 19.4 Å². The van der Waals surface area contributed by atoms with Crippen LogP contribution in [0.25, 0.3) is 0 Å². The summed E-state index contributed by atoms with van der Waals surface area (Å²) in [5.41, 5.74) is 1.14.